The van der Waals surface area contributed by atoms with E-state index in [1.807, 2.05) is 0 Å². The fourth-order valence-corrected chi connectivity index (χ4v) is 2.00. The van der Waals surface area contributed by atoms with Crippen molar-refractivity contribution in [3.8, 4) is 0 Å². The van der Waals surface area contributed by atoms with Gasteiger partial charge in [0.25, 0.3) is 0 Å². The Labute approximate surface area is 89.7 Å². The lowest BCUT2D eigenvalue weighted by Crippen LogP contribution is -2.54. The summed E-state index contributed by atoms with van der Waals surface area (Å²) < 4.78 is 0. The molecule has 82 valence electrons. The highest BCUT2D eigenvalue weighted by Crippen LogP contribution is 2.13. The van der Waals surface area contributed by atoms with E-state index in [-0.39, 0.29) is 0 Å². The maximum absolute atomic E-state index is 5.64. The van der Waals surface area contributed by atoms with Gasteiger partial charge in [-0.15, -0.1) is 0 Å². The van der Waals surface area contributed by atoms with E-state index >= 15 is 0 Å². The average Bonchev–Trinajstić information content (AvgIpc) is 2.16. The molecule has 0 radical (unpaired) electrons. The van der Waals surface area contributed by atoms with Crippen LogP contribution in [-0.4, -0.2) is 35.1 Å². The lowest BCUT2D eigenvalue weighted by molar-refractivity contribution is 0.403. The molecular formula is C10H17N5. The molecule has 1 fully saturated rings. The Morgan fingerprint density at radius 1 is 1.40 bits per heavy atom. The van der Waals surface area contributed by atoms with Crippen LogP contribution in [-0.2, 0) is 0 Å². The first-order valence-corrected chi connectivity index (χ1v) is 5.24. The minimum Gasteiger partial charge on any atom is -0.384 e. The summed E-state index contributed by atoms with van der Waals surface area (Å²) in [4.78, 5) is 10.6. The zero-order chi connectivity index (χ0) is 10.8. The Morgan fingerprint density at radius 3 is 2.67 bits per heavy atom. The topological polar surface area (TPSA) is 67.1 Å². The van der Waals surface area contributed by atoms with Gasteiger partial charge in [0.15, 0.2) is 0 Å². The van der Waals surface area contributed by atoms with Gasteiger partial charge in [0.2, 0.25) is 5.95 Å². The summed E-state index contributed by atoms with van der Waals surface area (Å²) >= 11 is 0. The normalized spacial score (nSPS) is 26.7. The predicted octanol–water partition coefficient (Wildman–Crippen LogP) is 0.245. The van der Waals surface area contributed by atoms with E-state index in [1.54, 1.807) is 12.3 Å². The van der Waals surface area contributed by atoms with Crippen LogP contribution in [0.15, 0.2) is 12.3 Å². The zero-order valence-electron chi connectivity index (χ0n) is 9.14. The highest BCUT2D eigenvalue weighted by molar-refractivity contribution is 5.38. The first kappa shape index (κ1) is 10.2. The summed E-state index contributed by atoms with van der Waals surface area (Å²) in [6, 6.07) is 2.62. The van der Waals surface area contributed by atoms with Crippen molar-refractivity contribution < 1.29 is 0 Å². The minimum atomic E-state index is 0.457. The van der Waals surface area contributed by atoms with Crippen molar-refractivity contribution in [2.24, 2.45) is 0 Å². The molecule has 2 atom stereocenters. The molecule has 0 aromatic carbocycles. The van der Waals surface area contributed by atoms with Crippen molar-refractivity contribution in [3.63, 3.8) is 0 Å². The van der Waals surface area contributed by atoms with Crippen LogP contribution in [0, 0.1) is 0 Å². The van der Waals surface area contributed by atoms with Crippen molar-refractivity contribution in [2.75, 3.05) is 23.7 Å². The van der Waals surface area contributed by atoms with Crippen LogP contribution in [0.25, 0.3) is 0 Å². The Bertz CT molecular complexity index is 330. The summed E-state index contributed by atoms with van der Waals surface area (Å²) in [5.74, 6) is 1.26. The maximum Gasteiger partial charge on any atom is 0.227 e. The molecule has 0 bridgehead atoms. The molecule has 3 N–H and O–H groups in total. The summed E-state index contributed by atoms with van der Waals surface area (Å²) in [5.41, 5.74) is 5.64. The second-order valence-corrected chi connectivity index (χ2v) is 4.16. The van der Waals surface area contributed by atoms with Crippen LogP contribution in [0.4, 0.5) is 11.8 Å². The monoisotopic (exact) mass is 207 g/mol. The molecule has 5 nitrogen and oxygen atoms in total. The standard InChI is InChI=1S/C10H17N5/c1-7-5-15(6-8(2)13-7)10-12-4-3-9(11)14-10/h3-4,7-8,13H,5-6H2,1-2H3,(H2,11,12,14)/t7-,8+. The molecule has 1 saturated heterocycles. The van der Waals surface area contributed by atoms with E-state index < -0.39 is 0 Å². The maximum atomic E-state index is 5.64. The van der Waals surface area contributed by atoms with Crippen LogP contribution in [0.3, 0.4) is 0 Å². The Balaban J connectivity index is 2.16. The molecule has 2 heterocycles. The second-order valence-electron chi connectivity index (χ2n) is 4.16. The number of anilines is 2. The molecule has 15 heavy (non-hydrogen) atoms. The highest BCUT2D eigenvalue weighted by Gasteiger charge is 2.22. The van der Waals surface area contributed by atoms with Crippen molar-refractivity contribution in [1.29, 1.82) is 0 Å². The van der Waals surface area contributed by atoms with E-state index in [0.29, 0.717) is 17.9 Å². The van der Waals surface area contributed by atoms with Gasteiger partial charge in [-0.1, -0.05) is 0 Å². The summed E-state index contributed by atoms with van der Waals surface area (Å²) in [6.07, 6.45) is 1.70. The third-order valence-corrected chi connectivity index (χ3v) is 2.50. The van der Waals surface area contributed by atoms with Gasteiger partial charge in [-0.25, -0.2) is 4.98 Å². The van der Waals surface area contributed by atoms with Crippen molar-refractivity contribution in [1.82, 2.24) is 15.3 Å². The SMILES string of the molecule is C[C@@H]1CN(c2nccc(N)n2)C[C@H](C)N1. The Hall–Kier alpha value is -1.36. The first-order valence-electron chi connectivity index (χ1n) is 5.24. The lowest BCUT2D eigenvalue weighted by Gasteiger charge is -2.36. The second kappa shape index (κ2) is 4.02. The number of nitrogens with zero attached hydrogens (tertiary/aromatic N) is 3. The van der Waals surface area contributed by atoms with E-state index in [0.717, 1.165) is 19.0 Å². The van der Waals surface area contributed by atoms with Gasteiger partial charge in [-0.2, -0.15) is 4.98 Å². The van der Waals surface area contributed by atoms with Gasteiger partial charge in [0, 0.05) is 31.4 Å². The number of hydrogen-bond donors (Lipinski definition) is 2. The number of rotatable bonds is 1. The number of nitrogens with one attached hydrogen (secondary N) is 1. The van der Waals surface area contributed by atoms with Gasteiger partial charge < -0.3 is 16.0 Å². The zero-order valence-corrected chi connectivity index (χ0v) is 9.14. The molecule has 0 aliphatic carbocycles. The molecule has 1 aromatic heterocycles. The number of piperazine rings is 1. The molecular weight excluding hydrogens is 190 g/mol. The number of aromatic nitrogens is 2. The third kappa shape index (κ3) is 2.36. The summed E-state index contributed by atoms with van der Waals surface area (Å²) in [7, 11) is 0. The van der Waals surface area contributed by atoms with Crippen LogP contribution >= 0.6 is 0 Å². The quantitative estimate of drug-likeness (QED) is 0.690. The van der Waals surface area contributed by atoms with Gasteiger partial charge in [0.05, 0.1) is 0 Å². The Morgan fingerprint density at radius 2 is 2.07 bits per heavy atom. The summed E-state index contributed by atoms with van der Waals surface area (Å²) in [5, 5.41) is 3.47. The molecule has 1 aliphatic rings. The largest absolute Gasteiger partial charge is 0.384 e. The summed E-state index contributed by atoms with van der Waals surface area (Å²) in [6.45, 7) is 6.17. The van der Waals surface area contributed by atoms with Gasteiger partial charge in [-0.3, -0.25) is 0 Å². The highest BCUT2D eigenvalue weighted by atomic mass is 15.3. The average molecular weight is 207 g/mol. The van der Waals surface area contributed by atoms with Crippen LogP contribution in [0.1, 0.15) is 13.8 Å². The van der Waals surface area contributed by atoms with Gasteiger partial charge in [0.1, 0.15) is 5.82 Å². The van der Waals surface area contributed by atoms with Crippen LogP contribution < -0.4 is 16.0 Å². The van der Waals surface area contributed by atoms with E-state index in [9.17, 15) is 0 Å². The van der Waals surface area contributed by atoms with Crippen molar-refractivity contribution in [3.05, 3.63) is 12.3 Å². The molecule has 2 rings (SSSR count). The third-order valence-electron chi connectivity index (χ3n) is 2.50. The molecule has 0 unspecified atom stereocenters. The van der Waals surface area contributed by atoms with E-state index in [1.165, 1.54) is 0 Å². The molecule has 5 heteroatoms. The smallest absolute Gasteiger partial charge is 0.227 e. The molecule has 0 amide bonds. The fraction of sp³-hybridized carbons (Fsp3) is 0.600. The van der Waals surface area contributed by atoms with E-state index in [4.69, 9.17) is 5.73 Å². The number of hydrogen-bond acceptors (Lipinski definition) is 5. The lowest BCUT2D eigenvalue weighted by atomic mass is 10.1. The minimum absolute atomic E-state index is 0.457. The molecule has 0 spiro atoms. The van der Waals surface area contributed by atoms with Crippen LogP contribution in [0.5, 0.6) is 0 Å². The molecule has 1 aliphatic heterocycles. The van der Waals surface area contributed by atoms with Crippen LogP contribution in [0.2, 0.25) is 0 Å². The predicted molar refractivity (Wildman–Crippen MR) is 60.7 cm³/mol. The van der Waals surface area contributed by atoms with E-state index in [2.05, 4.69) is 34.0 Å². The number of nitrogen functional groups attached to an aromatic ring is 1. The fourth-order valence-electron chi connectivity index (χ4n) is 2.00. The molecule has 0 saturated carbocycles. The Kier molecular flexibility index (Phi) is 2.73. The van der Waals surface area contributed by atoms with Gasteiger partial charge in [-0.05, 0) is 19.9 Å². The van der Waals surface area contributed by atoms with Crippen molar-refractivity contribution in [2.45, 2.75) is 25.9 Å². The first-order chi connectivity index (χ1) is 7.15. The molecule has 1 aromatic rings. The van der Waals surface area contributed by atoms with Gasteiger partial charge >= 0.3 is 0 Å². The van der Waals surface area contributed by atoms with Crippen molar-refractivity contribution >= 4 is 11.8 Å². The number of nitrogens with two attached hydrogens (primary N) is 1.